The molecule has 1 aliphatic rings. The van der Waals surface area contributed by atoms with Crippen molar-refractivity contribution < 1.29 is 9.53 Å². The Morgan fingerprint density at radius 1 is 1.32 bits per heavy atom. The maximum absolute atomic E-state index is 12.2. The van der Waals surface area contributed by atoms with Crippen LogP contribution in [0, 0.1) is 0 Å². The van der Waals surface area contributed by atoms with Crippen molar-refractivity contribution in [3.8, 4) is 0 Å². The van der Waals surface area contributed by atoms with E-state index in [2.05, 4.69) is 34.7 Å². The largest absolute Gasteiger partial charge is 0.383 e. The highest BCUT2D eigenvalue weighted by molar-refractivity contribution is 5.92. The highest BCUT2D eigenvalue weighted by Gasteiger charge is 2.31. The molecule has 3 rings (SSSR count). The number of aromatic nitrogens is 2. The summed E-state index contributed by atoms with van der Waals surface area (Å²) < 4.78 is 6.73. The lowest BCUT2D eigenvalue weighted by molar-refractivity contribution is 0.0902. The maximum atomic E-state index is 12.2. The van der Waals surface area contributed by atoms with Crippen LogP contribution in [0.25, 0.3) is 0 Å². The molecule has 2 aromatic rings. The molecule has 1 N–H and O–H groups in total. The van der Waals surface area contributed by atoms with Gasteiger partial charge in [0.1, 0.15) is 5.69 Å². The smallest absolute Gasteiger partial charge is 0.271 e. The second-order valence-electron chi connectivity index (χ2n) is 5.71. The molecule has 1 amide bonds. The molecule has 5 nitrogen and oxygen atoms in total. The standard InChI is InChI=1S/C17H21N3O2/c1-22-10-9-20-8-7-16(19-20)17(21)18-15-11-14(12-15)13-5-3-2-4-6-13/h2-8,14-15H,9-12H2,1H3,(H,18,21). The molecule has 1 aromatic heterocycles. The molecule has 5 heteroatoms. The minimum absolute atomic E-state index is 0.0901. The van der Waals surface area contributed by atoms with Gasteiger partial charge < -0.3 is 10.1 Å². The molecule has 1 aliphatic carbocycles. The summed E-state index contributed by atoms with van der Waals surface area (Å²) in [7, 11) is 1.65. The van der Waals surface area contributed by atoms with Crippen LogP contribution >= 0.6 is 0 Å². The van der Waals surface area contributed by atoms with Gasteiger partial charge >= 0.3 is 0 Å². The second kappa shape index (κ2) is 6.75. The first-order chi connectivity index (χ1) is 10.8. The first kappa shape index (κ1) is 14.8. The molecule has 1 aromatic carbocycles. The third-order valence-corrected chi connectivity index (χ3v) is 4.14. The molecule has 0 unspecified atom stereocenters. The molecule has 1 heterocycles. The Hall–Kier alpha value is -2.14. The summed E-state index contributed by atoms with van der Waals surface area (Å²) in [6.45, 7) is 1.24. The number of carbonyl (C=O) groups excluding carboxylic acids is 1. The third-order valence-electron chi connectivity index (χ3n) is 4.14. The SMILES string of the molecule is COCCn1ccc(C(=O)NC2CC(c3ccccc3)C2)n1. The van der Waals surface area contributed by atoms with Crippen LogP contribution in [0.4, 0.5) is 0 Å². The van der Waals surface area contributed by atoms with Crippen LogP contribution in [0.3, 0.4) is 0 Å². The second-order valence-corrected chi connectivity index (χ2v) is 5.71. The van der Waals surface area contributed by atoms with E-state index < -0.39 is 0 Å². The molecule has 0 spiro atoms. The fourth-order valence-electron chi connectivity index (χ4n) is 2.78. The number of ether oxygens (including phenoxy) is 1. The number of nitrogens with one attached hydrogen (secondary N) is 1. The van der Waals surface area contributed by atoms with Gasteiger partial charge in [0.2, 0.25) is 0 Å². The Bertz CT molecular complexity index is 618. The van der Waals surface area contributed by atoms with Crippen molar-refractivity contribution in [1.29, 1.82) is 0 Å². The van der Waals surface area contributed by atoms with Gasteiger partial charge in [0, 0.05) is 19.3 Å². The number of hydrogen-bond acceptors (Lipinski definition) is 3. The Balaban J connectivity index is 1.48. The normalized spacial score (nSPS) is 20.4. The van der Waals surface area contributed by atoms with Crippen LogP contribution < -0.4 is 5.32 Å². The molecule has 0 bridgehead atoms. The van der Waals surface area contributed by atoms with E-state index in [1.807, 2.05) is 12.3 Å². The molecule has 0 radical (unpaired) electrons. The van der Waals surface area contributed by atoms with Gasteiger partial charge in [0.25, 0.3) is 5.91 Å². The molecule has 0 aliphatic heterocycles. The highest BCUT2D eigenvalue weighted by Crippen LogP contribution is 2.36. The predicted molar refractivity (Wildman–Crippen MR) is 83.8 cm³/mol. The van der Waals surface area contributed by atoms with Crippen molar-refractivity contribution in [1.82, 2.24) is 15.1 Å². The number of amides is 1. The van der Waals surface area contributed by atoms with Crippen molar-refractivity contribution in [2.45, 2.75) is 31.3 Å². The van der Waals surface area contributed by atoms with E-state index in [1.54, 1.807) is 17.9 Å². The van der Waals surface area contributed by atoms with Crippen molar-refractivity contribution >= 4 is 5.91 Å². The van der Waals surface area contributed by atoms with Gasteiger partial charge in [-0.2, -0.15) is 5.10 Å². The van der Waals surface area contributed by atoms with E-state index in [4.69, 9.17) is 4.74 Å². The van der Waals surface area contributed by atoms with E-state index >= 15 is 0 Å². The summed E-state index contributed by atoms with van der Waals surface area (Å²) in [5.41, 5.74) is 1.83. The number of carbonyl (C=O) groups is 1. The Morgan fingerprint density at radius 2 is 2.09 bits per heavy atom. The van der Waals surface area contributed by atoms with E-state index in [1.165, 1.54) is 5.56 Å². The number of hydrogen-bond donors (Lipinski definition) is 1. The van der Waals surface area contributed by atoms with Gasteiger partial charge in [-0.15, -0.1) is 0 Å². The van der Waals surface area contributed by atoms with Gasteiger partial charge in [-0.25, -0.2) is 0 Å². The molecule has 1 fully saturated rings. The zero-order valence-electron chi connectivity index (χ0n) is 12.7. The summed E-state index contributed by atoms with van der Waals surface area (Å²) >= 11 is 0. The van der Waals surface area contributed by atoms with Gasteiger partial charge in [0.05, 0.1) is 13.2 Å². The number of methoxy groups -OCH3 is 1. The van der Waals surface area contributed by atoms with Crippen molar-refractivity contribution in [3.05, 3.63) is 53.9 Å². The Kier molecular flexibility index (Phi) is 4.53. The zero-order chi connectivity index (χ0) is 15.4. The minimum Gasteiger partial charge on any atom is -0.383 e. The van der Waals surface area contributed by atoms with Crippen molar-refractivity contribution in [2.24, 2.45) is 0 Å². The first-order valence-corrected chi connectivity index (χ1v) is 7.64. The zero-order valence-corrected chi connectivity index (χ0v) is 12.7. The minimum atomic E-state index is -0.0901. The molecular weight excluding hydrogens is 278 g/mol. The number of nitrogens with zero attached hydrogens (tertiary/aromatic N) is 2. The molecule has 1 saturated carbocycles. The van der Waals surface area contributed by atoms with Gasteiger partial charge in [-0.05, 0) is 30.4 Å². The Morgan fingerprint density at radius 3 is 2.82 bits per heavy atom. The third kappa shape index (κ3) is 3.36. The molecule has 22 heavy (non-hydrogen) atoms. The summed E-state index contributed by atoms with van der Waals surface area (Å²) in [5.74, 6) is 0.471. The summed E-state index contributed by atoms with van der Waals surface area (Å²) in [4.78, 5) is 12.2. The van der Waals surface area contributed by atoms with E-state index in [0.29, 0.717) is 24.8 Å². The van der Waals surface area contributed by atoms with Crippen LogP contribution in [0.5, 0.6) is 0 Å². The van der Waals surface area contributed by atoms with Gasteiger partial charge in [-0.1, -0.05) is 30.3 Å². The van der Waals surface area contributed by atoms with E-state index in [9.17, 15) is 4.79 Å². The predicted octanol–water partition coefficient (Wildman–Crippen LogP) is 2.21. The summed E-state index contributed by atoms with van der Waals surface area (Å²) in [6.07, 6.45) is 3.81. The lowest BCUT2D eigenvalue weighted by Crippen LogP contribution is -2.43. The highest BCUT2D eigenvalue weighted by atomic mass is 16.5. The fraction of sp³-hybridized carbons (Fsp3) is 0.412. The van der Waals surface area contributed by atoms with Gasteiger partial charge in [0.15, 0.2) is 0 Å². The van der Waals surface area contributed by atoms with E-state index in [0.717, 1.165) is 12.8 Å². The van der Waals surface area contributed by atoms with Crippen molar-refractivity contribution in [2.75, 3.05) is 13.7 Å². The summed E-state index contributed by atoms with van der Waals surface area (Å²) in [6, 6.07) is 12.5. The van der Waals surface area contributed by atoms with Crippen LogP contribution in [-0.2, 0) is 11.3 Å². The van der Waals surface area contributed by atoms with Crippen molar-refractivity contribution in [3.63, 3.8) is 0 Å². The average molecular weight is 299 g/mol. The maximum Gasteiger partial charge on any atom is 0.271 e. The molecular formula is C17H21N3O2. The van der Waals surface area contributed by atoms with Gasteiger partial charge in [-0.3, -0.25) is 9.48 Å². The molecule has 0 saturated heterocycles. The van der Waals surface area contributed by atoms with Crippen LogP contribution in [0.15, 0.2) is 42.6 Å². The molecule has 0 atom stereocenters. The monoisotopic (exact) mass is 299 g/mol. The topological polar surface area (TPSA) is 56.1 Å². The summed E-state index contributed by atoms with van der Waals surface area (Å²) in [5, 5.41) is 7.32. The lowest BCUT2D eigenvalue weighted by atomic mass is 9.76. The van der Waals surface area contributed by atoms with Crippen LogP contribution in [0.1, 0.15) is 34.8 Å². The fourth-order valence-corrected chi connectivity index (χ4v) is 2.78. The Labute approximate surface area is 130 Å². The lowest BCUT2D eigenvalue weighted by Gasteiger charge is -2.36. The van der Waals surface area contributed by atoms with E-state index in [-0.39, 0.29) is 11.9 Å². The van der Waals surface area contributed by atoms with Crippen LogP contribution in [0.2, 0.25) is 0 Å². The number of benzene rings is 1. The first-order valence-electron chi connectivity index (χ1n) is 7.64. The van der Waals surface area contributed by atoms with Crippen LogP contribution in [-0.4, -0.2) is 35.4 Å². The average Bonchev–Trinajstić information content (AvgIpc) is 2.98. The molecule has 116 valence electrons. The quantitative estimate of drug-likeness (QED) is 0.889. The number of rotatable bonds is 6.